The molecule has 0 radical (unpaired) electrons. The van der Waals surface area contributed by atoms with Crippen molar-refractivity contribution < 1.29 is 14.7 Å². The van der Waals surface area contributed by atoms with Gasteiger partial charge in [0.1, 0.15) is 0 Å². The van der Waals surface area contributed by atoms with Gasteiger partial charge in [0.15, 0.2) is 0 Å². The highest BCUT2D eigenvalue weighted by atomic mass is 32.1. The third-order valence-electron chi connectivity index (χ3n) is 3.00. The van der Waals surface area contributed by atoms with Gasteiger partial charge in [0.25, 0.3) is 0 Å². The second-order valence-corrected chi connectivity index (χ2v) is 5.29. The van der Waals surface area contributed by atoms with E-state index in [0.717, 1.165) is 12.8 Å². The number of thiophene rings is 1. The molecule has 1 amide bonds. The first-order valence-corrected chi connectivity index (χ1v) is 6.58. The molecule has 0 aliphatic carbocycles. The van der Waals surface area contributed by atoms with Crippen LogP contribution in [0.2, 0.25) is 0 Å². The molecule has 0 spiro atoms. The molecule has 2 heterocycles. The number of rotatable bonds is 5. The molecule has 1 atom stereocenters. The van der Waals surface area contributed by atoms with Crippen molar-refractivity contribution in [1.29, 1.82) is 0 Å². The molecule has 0 aromatic carbocycles. The van der Waals surface area contributed by atoms with Gasteiger partial charge in [-0.15, -0.1) is 11.3 Å². The van der Waals surface area contributed by atoms with Crippen LogP contribution in [0, 0.1) is 5.92 Å². The van der Waals surface area contributed by atoms with Crippen LogP contribution in [0.15, 0.2) is 17.5 Å². The normalized spacial score (nSPS) is 19.9. The van der Waals surface area contributed by atoms with Crippen molar-refractivity contribution in [2.24, 2.45) is 5.92 Å². The zero-order valence-corrected chi connectivity index (χ0v) is 10.3. The van der Waals surface area contributed by atoms with Crippen molar-refractivity contribution >= 4 is 23.2 Å². The summed E-state index contributed by atoms with van der Waals surface area (Å²) in [4.78, 5) is 25.3. The van der Waals surface area contributed by atoms with Crippen molar-refractivity contribution in [3.63, 3.8) is 0 Å². The van der Waals surface area contributed by atoms with Gasteiger partial charge in [0.05, 0.1) is 5.92 Å². The molecule has 1 unspecified atom stereocenters. The number of nitrogens with zero attached hydrogens (tertiary/aromatic N) is 1. The summed E-state index contributed by atoms with van der Waals surface area (Å²) in [5.41, 5.74) is 0. The van der Waals surface area contributed by atoms with E-state index in [2.05, 4.69) is 6.07 Å². The maximum Gasteiger partial charge on any atom is 0.308 e. The molecule has 5 heteroatoms. The fourth-order valence-corrected chi connectivity index (χ4v) is 2.80. The predicted octanol–water partition coefficient (Wildman–Crippen LogP) is 1.61. The summed E-state index contributed by atoms with van der Waals surface area (Å²) < 4.78 is 0. The van der Waals surface area contributed by atoms with Gasteiger partial charge in [-0.3, -0.25) is 9.59 Å². The number of amides is 1. The van der Waals surface area contributed by atoms with E-state index >= 15 is 0 Å². The summed E-state index contributed by atoms with van der Waals surface area (Å²) in [7, 11) is 0. The second kappa shape index (κ2) is 5.31. The summed E-state index contributed by atoms with van der Waals surface area (Å²) in [6.07, 6.45) is 2.02. The summed E-state index contributed by atoms with van der Waals surface area (Å²) in [5, 5.41) is 10.9. The Morgan fingerprint density at radius 3 is 3.00 bits per heavy atom. The fraction of sp³-hybridized carbons (Fsp3) is 0.500. The van der Waals surface area contributed by atoms with Gasteiger partial charge in [0.2, 0.25) is 5.91 Å². The number of hydrogen-bond donors (Lipinski definition) is 1. The van der Waals surface area contributed by atoms with Crippen LogP contribution >= 0.6 is 11.3 Å². The Kier molecular flexibility index (Phi) is 3.78. The molecule has 0 bridgehead atoms. The van der Waals surface area contributed by atoms with Crippen molar-refractivity contribution in [1.82, 2.24) is 4.90 Å². The van der Waals surface area contributed by atoms with Crippen molar-refractivity contribution in [2.75, 3.05) is 13.1 Å². The van der Waals surface area contributed by atoms with E-state index in [1.165, 1.54) is 4.88 Å². The van der Waals surface area contributed by atoms with Crippen LogP contribution in [-0.2, 0) is 16.0 Å². The molecule has 1 aromatic heterocycles. The Morgan fingerprint density at radius 2 is 2.41 bits per heavy atom. The first-order valence-electron chi connectivity index (χ1n) is 5.70. The van der Waals surface area contributed by atoms with E-state index < -0.39 is 11.9 Å². The van der Waals surface area contributed by atoms with Crippen molar-refractivity contribution in [2.45, 2.75) is 19.3 Å². The summed E-state index contributed by atoms with van der Waals surface area (Å²) >= 11 is 1.71. The number of carboxylic acid groups (broad SMARTS) is 1. The first kappa shape index (κ1) is 12.1. The number of likely N-dealkylation sites (tertiary alicyclic amines) is 1. The van der Waals surface area contributed by atoms with Crippen LogP contribution in [0.5, 0.6) is 0 Å². The van der Waals surface area contributed by atoms with Gasteiger partial charge >= 0.3 is 5.97 Å². The molecule has 0 saturated carbocycles. The van der Waals surface area contributed by atoms with Gasteiger partial charge in [-0.05, 0) is 24.3 Å². The lowest BCUT2D eigenvalue weighted by Crippen LogP contribution is -2.27. The van der Waals surface area contributed by atoms with Crippen LogP contribution < -0.4 is 0 Å². The van der Waals surface area contributed by atoms with Gasteiger partial charge in [-0.1, -0.05) is 6.07 Å². The van der Waals surface area contributed by atoms with Gasteiger partial charge in [0, 0.05) is 24.4 Å². The van der Waals surface area contributed by atoms with Crippen LogP contribution in [0.3, 0.4) is 0 Å². The fourth-order valence-electron chi connectivity index (χ4n) is 2.05. The van der Waals surface area contributed by atoms with E-state index in [9.17, 15) is 9.59 Å². The highest BCUT2D eigenvalue weighted by molar-refractivity contribution is 7.09. The van der Waals surface area contributed by atoms with Crippen molar-refractivity contribution in [3.05, 3.63) is 22.4 Å². The molecule has 1 fully saturated rings. The number of carbonyl (C=O) groups is 2. The van der Waals surface area contributed by atoms with Crippen molar-refractivity contribution in [3.8, 4) is 0 Å². The monoisotopic (exact) mass is 253 g/mol. The van der Waals surface area contributed by atoms with E-state index in [1.54, 1.807) is 16.2 Å². The Bertz CT molecular complexity index is 402. The summed E-state index contributed by atoms with van der Waals surface area (Å²) in [6.45, 7) is 1.04. The molecular formula is C12H15NO3S. The Morgan fingerprint density at radius 1 is 1.59 bits per heavy atom. The van der Waals surface area contributed by atoms with Crippen LogP contribution in [-0.4, -0.2) is 35.0 Å². The topological polar surface area (TPSA) is 57.6 Å². The Labute approximate surface area is 104 Å². The Hall–Kier alpha value is -1.36. The zero-order chi connectivity index (χ0) is 12.3. The van der Waals surface area contributed by atoms with E-state index in [0.29, 0.717) is 13.1 Å². The maximum atomic E-state index is 11.5. The lowest BCUT2D eigenvalue weighted by Gasteiger charge is -2.15. The summed E-state index contributed by atoms with van der Waals surface area (Å²) in [5.74, 6) is -1.40. The van der Waals surface area contributed by atoms with Gasteiger partial charge < -0.3 is 10.0 Å². The molecule has 92 valence electrons. The smallest absolute Gasteiger partial charge is 0.308 e. The lowest BCUT2D eigenvalue weighted by molar-refractivity contribution is -0.141. The number of carboxylic acids is 1. The third-order valence-corrected chi connectivity index (χ3v) is 3.93. The third kappa shape index (κ3) is 3.06. The predicted molar refractivity (Wildman–Crippen MR) is 65.0 cm³/mol. The number of hydrogen-bond acceptors (Lipinski definition) is 3. The van der Waals surface area contributed by atoms with Gasteiger partial charge in [-0.25, -0.2) is 0 Å². The number of carbonyl (C=O) groups excluding carboxylic acids is 1. The number of aryl methyl sites for hydroxylation is 1. The molecule has 1 aliphatic heterocycles. The molecular weight excluding hydrogens is 238 g/mol. The molecule has 1 aliphatic rings. The SMILES string of the molecule is O=C(O)C1CC(=O)N(CCCc2cccs2)C1. The number of aliphatic carboxylic acids is 1. The van der Waals surface area contributed by atoms with Gasteiger partial charge in [-0.2, -0.15) is 0 Å². The summed E-state index contributed by atoms with van der Waals surface area (Å²) in [6, 6.07) is 4.10. The van der Waals surface area contributed by atoms with Crippen LogP contribution in [0.1, 0.15) is 17.7 Å². The van der Waals surface area contributed by atoms with E-state index in [1.807, 2.05) is 11.4 Å². The zero-order valence-electron chi connectivity index (χ0n) is 9.46. The van der Waals surface area contributed by atoms with E-state index in [-0.39, 0.29) is 12.3 Å². The largest absolute Gasteiger partial charge is 0.481 e. The first-order chi connectivity index (χ1) is 8.16. The van der Waals surface area contributed by atoms with Crippen LogP contribution in [0.4, 0.5) is 0 Å². The highest BCUT2D eigenvalue weighted by Gasteiger charge is 2.33. The molecule has 1 aromatic rings. The minimum Gasteiger partial charge on any atom is -0.481 e. The molecule has 1 N–H and O–H groups in total. The molecule has 4 nitrogen and oxygen atoms in total. The minimum atomic E-state index is -0.862. The highest BCUT2D eigenvalue weighted by Crippen LogP contribution is 2.19. The van der Waals surface area contributed by atoms with E-state index in [4.69, 9.17) is 5.11 Å². The average Bonchev–Trinajstić information content (AvgIpc) is 2.89. The average molecular weight is 253 g/mol. The van der Waals surface area contributed by atoms with Crippen LogP contribution in [0.25, 0.3) is 0 Å². The maximum absolute atomic E-state index is 11.5. The lowest BCUT2D eigenvalue weighted by atomic mass is 10.1. The molecule has 17 heavy (non-hydrogen) atoms. The standard InChI is InChI=1S/C12H15NO3S/c14-11-7-9(12(15)16)8-13(11)5-1-3-10-4-2-6-17-10/h2,4,6,9H,1,3,5,7-8H2,(H,15,16). The molecule has 1 saturated heterocycles. The molecule has 2 rings (SSSR count). The second-order valence-electron chi connectivity index (χ2n) is 4.26. The quantitative estimate of drug-likeness (QED) is 0.867. The minimum absolute atomic E-state index is 0.0245. The Balaban J connectivity index is 1.76.